The summed E-state index contributed by atoms with van der Waals surface area (Å²) in [5, 5.41) is 13.2. The Morgan fingerprint density at radius 2 is 1.84 bits per heavy atom. The maximum Gasteiger partial charge on any atom is 0.315 e. The molecule has 0 saturated heterocycles. The topological polar surface area (TPSA) is 84.9 Å². The number of rotatable bonds is 8. The maximum atomic E-state index is 12.2. The van der Waals surface area contributed by atoms with Gasteiger partial charge < -0.3 is 19.9 Å². The molecular formula is C23H27Br2NO5. The summed E-state index contributed by atoms with van der Waals surface area (Å²) in [5.74, 6) is 0.567. The lowest BCUT2D eigenvalue weighted by Crippen LogP contribution is -2.18. The molecule has 0 aliphatic heterocycles. The standard InChI is InChI=1S/C23H27Br2NO5/c1-6-14-8-15(9-16(12(3)4)22(14)29)31-23-17(24)10-18(13(5)21(23)25)26-19(27)11-20(28)30-7-2/h8-10,12,29H,6-7,11H2,1-5H3,(H,26,27). The number of anilines is 1. The molecule has 0 saturated carbocycles. The van der Waals surface area contributed by atoms with Crippen molar-refractivity contribution in [1.29, 1.82) is 0 Å². The summed E-state index contributed by atoms with van der Waals surface area (Å²) in [6.45, 7) is 9.76. The minimum absolute atomic E-state index is 0.138. The van der Waals surface area contributed by atoms with Crippen LogP contribution in [0.1, 0.15) is 56.7 Å². The zero-order valence-corrected chi connectivity index (χ0v) is 21.4. The third-order valence-corrected chi connectivity index (χ3v) is 6.26. The molecule has 2 aromatic carbocycles. The van der Waals surface area contributed by atoms with Gasteiger partial charge in [0.2, 0.25) is 5.91 Å². The highest BCUT2D eigenvalue weighted by Gasteiger charge is 2.19. The molecule has 8 heteroatoms. The number of ether oxygens (including phenoxy) is 2. The molecule has 2 rings (SSSR count). The number of carbonyl (C=O) groups excluding carboxylic acids is 2. The number of hydrogen-bond acceptors (Lipinski definition) is 5. The van der Waals surface area contributed by atoms with E-state index in [1.807, 2.05) is 39.8 Å². The third-order valence-electron chi connectivity index (χ3n) is 4.72. The van der Waals surface area contributed by atoms with Crippen molar-refractivity contribution in [2.75, 3.05) is 11.9 Å². The first kappa shape index (κ1) is 25.2. The number of nitrogens with one attached hydrogen (secondary N) is 1. The van der Waals surface area contributed by atoms with Crippen LogP contribution in [0, 0.1) is 6.92 Å². The monoisotopic (exact) mass is 555 g/mol. The molecule has 0 atom stereocenters. The molecule has 0 aliphatic carbocycles. The van der Waals surface area contributed by atoms with Crippen LogP contribution >= 0.6 is 31.9 Å². The van der Waals surface area contributed by atoms with Crippen molar-refractivity contribution in [3.8, 4) is 17.2 Å². The second kappa shape index (κ2) is 11.0. The van der Waals surface area contributed by atoms with Crippen molar-refractivity contribution >= 4 is 49.4 Å². The van der Waals surface area contributed by atoms with Gasteiger partial charge in [0.1, 0.15) is 17.9 Å². The number of amides is 1. The normalized spacial score (nSPS) is 10.8. The number of esters is 1. The molecule has 0 heterocycles. The molecule has 2 N–H and O–H groups in total. The van der Waals surface area contributed by atoms with E-state index in [-0.39, 0.29) is 18.9 Å². The Bertz CT molecular complexity index is 989. The second-order valence-corrected chi connectivity index (χ2v) is 8.98. The van der Waals surface area contributed by atoms with Crippen LogP contribution in [0.15, 0.2) is 27.1 Å². The molecule has 0 bridgehead atoms. The van der Waals surface area contributed by atoms with Gasteiger partial charge in [-0.2, -0.15) is 0 Å². The molecule has 168 valence electrons. The average Bonchev–Trinajstić information content (AvgIpc) is 2.69. The van der Waals surface area contributed by atoms with Gasteiger partial charge in [-0.05, 0) is 87.4 Å². The van der Waals surface area contributed by atoms with E-state index in [0.717, 1.165) is 16.7 Å². The smallest absolute Gasteiger partial charge is 0.315 e. The van der Waals surface area contributed by atoms with Crippen molar-refractivity contribution in [2.45, 2.75) is 53.4 Å². The van der Waals surface area contributed by atoms with E-state index in [1.165, 1.54) is 0 Å². The van der Waals surface area contributed by atoms with Crippen LogP contribution in [0.5, 0.6) is 17.2 Å². The Morgan fingerprint density at radius 1 is 1.16 bits per heavy atom. The van der Waals surface area contributed by atoms with Gasteiger partial charge in [0.05, 0.1) is 15.6 Å². The summed E-state index contributed by atoms with van der Waals surface area (Å²) in [6, 6.07) is 5.38. The zero-order valence-electron chi connectivity index (χ0n) is 18.3. The molecular weight excluding hydrogens is 530 g/mol. The predicted molar refractivity (Wildman–Crippen MR) is 128 cm³/mol. The van der Waals surface area contributed by atoms with Gasteiger partial charge in [0.15, 0.2) is 5.75 Å². The van der Waals surface area contributed by atoms with Crippen molar-refractivity contribution in [3.63, 3.8) is 0 Å². The van der Waals surface area contributed by atoms with Crippen LogP contribution in [0.3, 0.4) is 0 Å². The van der Waals surface area contributed by atoms with Crippen LogP contribution in [-0.2, 0) is 20.7 Å². The van der Waals surface area contributed by atoms with Crippen LogP contribution < -0.4 is 10.1 Å². The van der Waals surface area contributed by atoms with Crippen molar-refractivity contribution < 1.29 is 24.2 Å². The van der Waals surface area contributed by atoms with Gasteiger partial charge in [0, 0.05) is 11.3 Å². The first-order valence-electron chi connectivity index (χ1n) is 10.1. The Labute approximate surface area is 199 Å². The van der Waals surface area contributed by atoms with E-state index in [1.54, 1.807) is 13.0 Å². The molecule has 31 heavy (non-hydrogen) atoms. The first-order valence-corrected chi connectivity index (χ1v) is 11.6. The van der Waals surface area contributed by atoms with Crippen molar-refractivity contribution in [2.24, 2.45) is 0 Å². The van der Waals surface area contributed by atoms with E-state index in [0.29, 0.717) is 38.3 Å². The number of phenolic OH excluding ortho intramolecular Hbond substituents is 1. The number of hydrogen-bond donors (Lipinski definition) is 2. The van der Waals surface area contributed by atoms with Gasteiger partial charge in [0.25, 0.3) is 0 Å². The lowest BCUT2D eigenvalue weighted by Gasteiger charge is -2.18. The number of benzene rings is 2. The molecule has 0 aliphatic rings. The summed E-state index contributed by atoms with van der Waals surface area (Å²) in [6.07, 6.45) is 0.321. The van der Waals surface area contributed by atoms with Crippen LogP contribution in [-0.4, -0.2) is 23.6 Å². The Hall–Kier alpha value is -2.06. The SMILES string of the molecule is CCOC(=O)CC(=O)Nc1cc(Br)c(Oc2cc(CC)c(O)c(C(C)C)c2)c(Br)c1C. The summed E-state index contributed by atoms with van der Waals surface area (Å²) >= 11 is 7.06. The number of aryl methyl sites for hydroxylation is 1. The molecule has 0 aromatic heterocycles. The highest BCUT2D eigenvalue weighted by molar-refractivity contribution is 9.11. The fourth-order valence-electron chi connectivity index (χ4n) is 3.03. The molecule has 0 radical (unpaired) electrons. The molecule has 0 unspecified atom stereocenters. The van der Waals surface area contributed by atoms with Gasteiger partial charge in [-0.25, -0.2) is 0 Å². The van der Waals surface area contributed by atoms with Crippen LogP contribution in [0.2, 0.25) is 0 Å². The molecule has 0 fully saturated rings. The second-order valence-electron chi connectivity index (χ2n) is 7.33. The van der Waals surface area contributed by atoms with Crippen molar-refractivity contribution in [1.82, 2.24) is 0 Å². The van der Waals surface area contributed by atoms with Gasteiger partial charge in [-0.15, -0.1) is 0 Å². The largest absolute Gasteiger partial charge is 0.507 e. The lowest BCUT2D eigenvalue weighted by molar-refractivity contribution is -0.145. The highest BCUT2D eigenvalue weighted by atomic mass is 79.9. The quantitative estimate of drug-likeness (QED) is 0.283. The number of aromatic hydroxyl groups is 1. The number of halogens is 2. The Kier molecular flexibility index (Phi) is 8.94. The highest BCUT2D eigenvalue weighted by Crippen LogP contribution is 2.44. The first-order chi connectivity index (χ1) is 14.6. The minimum atomic E-state index is -0.573. The van der Waals surface area contributed by atoms with E-state index in [4.69, 9.17) is 9.47 Å². The van der Waals surface area contributed by atoms with E-state index < -0.39 is 11.9 Å². The van der Waals surface area contributed by atoms with Gasteiger partial charge >= 0.3 is 5.97 Å². The molecule has 1 amide bonds. The fourth-order valence-corrected chi connectivity index (χ4v) is 4.31. The third kappa shape index (κ3) is 6.23. The fraction of sp³-hybridized carbons (Fsp3) is 0.391. The summed E-state index contributed by atoms with van der Waals surface area (Å²) < 4.78 is 12.3. The molecule has 6 nitrogen and oxygen atoms in total. The van der Waals surface area contributed by atoms with E-state index >= 15 is 0 Å². The zero-order chi connectivity index (χ0) is 23.3. The summed E-state index contributed by atoms with van der Waals surface area (Å²) in [5.41, 5.74) is 2.92. The predicted octanol–water partition coefficient (Wildman–Crippen LogP) is 6.60. The van der Waals surface area contributed by atoms with Gasteiger partial charge in [-0.1, -0.05) is 20.8 Å². The van der Waals surface area contributed by atoms with Gasteiger partial charge in [-0.3, -0.25) is 9.59 Å². The van der Waals surface area contributed by atoms with E-state index in [9.17, 15) is 14.7 Å². The molecule has 0 spiro atoms. The maximum absolute atomic E-state index is 12.2. The Balaban J connectivity index is 2.34. The Morgan fingerprint density at radius 3 is 2.42 bits per heavy atom. The number of carbonyl (C=O) groups is 2. The summed E-state index contributed by atoms with van der Waals surface area (Å²) in [7, 11) is 0. The lowest BCUT2D eigenvalue weighted by atomic mass is 9.97. The summed E-state index contributed by atoms with van der Waals surface area (Å²) in [4.78, 5) is 23.7. The van der Waals surface area contributed by atoms with Crippen LogP contribution in [0.25, 0.3) is 0 Å². The van der Waals surface area contributed by atoms with E-state index in [2.05, 4.69) is 37.2 Å². The number of phenols is 1. The molecule has 2 aromatic rings. The average molecular weight is 557 g/mol. The van der Waals surface area contributed by atoms with Crippen LogP contribution in [0.4, 0.5) is 5.69 Å². The minimum Gasteiger partial charge on any atom is -0.507 e. The van der Waals surface area contributed by atoms with Crippen molar-refractivity contribution in [3.05, 3.63) is 43.8 Å².